The number of fused-ring (bicyclic) bond motifs is 1. The van der Waals surface area contributed by atoms with Crippen molar-refractivity contribution in [3.8, 4) is 11.5 Å². The van der Waals surface area contributed by atoms with Crippen molar-refractivity contribution in [3.63, 3.8) is 0 Å². The Morgan fingerprint density at radius 3 is 2.52 bits per heavy atom. The van der Waals surface area contributed by atoms with Crippen LogP contribution in [-0.2, 0) is 21.2 Å². The highest BCUT2D eigenvalue weighted by atomic mass is 32.2. The van der Waals surface area contributed by atoms with Crippen LogP contribution >= 0.6 is 0 Å². The molecule has 144 valence electrons. The molecular formula is C20H23NO5S. The Kier molecular flexibility index (Phi) is 5.41. The summed E-state index contributed by atoms with van der Waals surface area (Å²) in [5.74, 6) is 0.137. The number of hydrogen-bond donors (Lipinski definition) is 1. The third kappa shape index (κ3) is 3.64. The summed E-state index contributed by atoms with van der Waals surface area (Å²) in [5.41, 5.74) is 2.28. The van der Waals surface area contributed by atoms with Crippen molar-refractivity contribution in [2.75, 3.05) is 14.2 Å². The summed E-state index contributed by atoms with van der Waals surface area (Å²) in [6.45, 7) is 1.70. The Hall–Kier alpha value is -2.54. The van der Waals surface area contributed by atoms with Gasteiger partial charge in [0.05, 0.1) is 25.0 Å². The molecule has 27 heavy (non-hydrogen) atoms. The molecule has 0 aromatic heterocycles. The predicted octanol–water partition coefficient (Wildman–Crippen LogP) is 2.94. The Labute approximate surface area is 159 Å². The lowest BCUT2D eigenvalue weighted by Gasteiger charge is -2.27. The van der Waals surface area contributed by atoms with Gasteiger partial charge < -0.3 is 9.47 Å². The molecule has 0 aliphatic heterocycles. The van der Waals surface area contributed by atoms with Crippen molar-refractivity contribution >= 4 is 15.9 Å². The number of carbonyl (C=O) groups excluding carboxylic acids is 1. The van der Waals surface area contributed by atoms with Crippen molar-refractivity contribution in [3.05, 3.63) is 53.1 Å². The fourth-order valence-corrected chi connectivity index (χ4v) is 4.88. The summed E-state index contributed by atoms with van der Waals surface area (Å²) in [6, 6.07) is 10.2. The van der Waals surface area contributed by atoms with Crippen LogP contribution in [0, 0.1) is 6.92 Å². The van der Waals surface area contributed by atoms with Gasteiger partial charge in [0.2, 0.25) is 5.91 Å². The van der Waals surface area contributed by atoms with E-state index in [0.717, 1.165) is 24.0 Å². The molecule has 1 amide bonds. The highest BCUT2D eigenvalue weighted by molar-refractivity contribution is 7.90. The van der Waals surface area contributed by atoms with Crippen LogP contribution in [0.25, 0.3) is 0 Å². The molecule has 7 heteroatoms. The maximum Gasteiger partial charge on any atom is 0.264 e. The van der Waals surface area contributed by atoms with Crippen molar-refractivity contribution in [1.29, 1.82) is 0 Å². The largest absolute Gasteiger partial charge is 0.493 e. The predicted molar refractivity (Wildman–Crippen MR) is 102 cm³/mol. The standard InChI is InChI=1S/C20H23NO5S/c1-13-7-4-5-10-18(13)27(23,24)21-20(22)16-9-6-8-15-14(16)11-12-17(25-2)19(15)26-3/h4-5,7,10-12,16H,6,8-9H2,1-3H3,(H,21,22). The Balaban J connectivity index is 1.93. The number of ether oxygens (including phenoxy) is 2. The molecule has 0 spiro atoms. The highest BCUT2D eigenvalue weighted by Gasteiger charge is 2.32. The molecule has 0 saturated carbocycles. The summed E-state index contributed by atoms with van der Waals surface area (Å²) < 4.78 is 38.4. The van der Waals surface area contributed by atoms with E-state index in [9.17, 15) is 13.2 Å². The molecule has 1 unspecified atom stereocenters. The van der Waals surface area contributed by atoms with Gasteiger partial charge in [-0.3, -0.25) is 4.79 Å². The van der Waals surface area contributed by atoms with Crippen LogP contribution in [0.2, 0.25) is 0 Å². The minimum absolute atomic E-state index is 0.113. The van der Waals surface area contributed by atoms with E-state index in [4.69, 9.17) is 9.47 Å². The molecule has 0 radical (unpaired) electrons. The van der Waals surface area contributed by atoms with Gasteiger partial charge in [0.25, 0.3) is 10.0 Å². The number of aryl methyl sites for hydroxylation is 1. The minimum Gasteiger partial charge on any atom is -0.493 e. The summed E-state index contributed by atoms with van der Waals surface area (Å²) in [5, 5.41) is 0. The van der Waals surface area contributed by atoms with Gasteiger partial charge in [-0.25, -0.2) is 13.1 Å². The van der Waals surface area contributed by atoms with Crippen LogP contribution in [0.1, 0.15) is 35.4 Å². The Morgan fingerprint density at radius 2 is 1.85 bits per heavy atom. The molecule has 0 saturated heterocycles. The first-order valence-electron chi connectivity index (χ1n) is 8.75. The lowest BCUT2D eigenvalue weighted by atomic mass is 9.82. The van der Waals surface area contributed by atoms with Crippen LogP contribution in [0.15, 0.2) is 41.3 Å². The van der Waals surface area contributed by atoms with Gasteiger partial charge in [0, 0.05) is 5.56 Å². The average Bonchev–Trinajstić information content (AvgIpc) is 2.66. The third-order valence-electron chi connectivity index (χ3n) is 4.91. The third-order valence-corrected chi connectivity index (χ3v) is 6.42. The zero-order valence-electron chi connectivity index (χ0n) is 15.6. The molecular weight excluding hydrogens is 366 g/mol. The number of hydrogen-bond acceptors (Lipinski definition) is 5. The van der Waals surface area contributed by atoms with Crippen LogP contribution in [0.4, 0.5) is 0 Å². The van der Waals surface area contributed by atoms with Crippen molar-refractivity contribution in [2.24, 2.45) is 0 Å². The van der Waals surface area contributed by atoms with E-state index in [1.165, 1.54) is 6.07 Å². The second-order valence-corrected chi connectivity index (χ2v) is 8.20. The van der Waals surface area contributed by atoms with Gasteiger partial charge in [-0.1, -0.05) is 24.3 Å². The van der Waals surface area contributed by atoms with E-state index in [1.807, 2.05) is 6.07 Å². The van der Waals surface area contributed by atoms with E-state index in [1.54, 1.807) is 45.4 Å². The molecule has 1 atom stereocenters. The summed E-state index contributed by atoms with van der Waals surface area (Å²) >= 11 is 0. The van der Waals surface area contributed by atoms with Gasteiger partial charge in [0.15, 0.2) is 11.5 Å². The smallest absolute Gasteiger partial charge is 0.264 e. The molecule has 6 nitrogen and oxygen atoms in total. The van der Waals surface area contributed by atoms with Crippen LogP contribution in [0.5, 0.6) is 11.5 Å². The number of carbonyl (C=O) groups is 1. The molecule has 0 heterocycles. The number of amides is 1. The monoisotopic (exact) mass is 389 g/mol. The summed E-state index contributed by atoms with van der Waals surface area (Å²) in [6.07, 6.45) is 2.10. The molecule has 0 fully saturated rings. The fraction of sp³-hybridized carbons (Fsp3) is 0.350. The van der Waals surface area contributed by atoms with Gasteiger partial charge in [-0.15, -0.1) is 0 Å². The van der Waals surface area contributed by atoms with Crippen LogP contribution < -0.4 is 14.2 Å². The lowest BCUT2D eigenvalue weighted by Crippen LogP contribution is -2.36. The zero-order valence-corrected chi connectivity index (χ0v) is 16.4. The Morgan fingerprint density at radius 1 is 1.11 bits per heavy atom. The molecule has 1 aliphatic carbocycles. The summed E-state index contributed by atoms with van der Waals surface area (Å²) in [7, 11) is -0.805. The molecule has 1 aliphatic rings. The first-order valence-corrected chi connectivity index (χ1v) is 10.2. The first-order chi connectivity index (χ1) is 12.9. The molecule has 2 aromatic rings. The maximum absolute atomic E-state index is 12.9. The van der Waals surface area contributed by atoms with Gasteiger partial charge in [0.1, 0.15) is 0 Å². The zero-order chi connectivity index (χ0) is 19.6. The number of methoxy groups -OCH3 is 2. The van der Waals surface area contributed by atoms with Crippen LogP contribution in [0.3, 0.4) is 0 Å². The SMILES string of the molecule is COc1ccc2c(c1OC)CCCC2C(=O)NS(=O)(=O)c1ccccc1C. The van der Waals surface area contributed by atoms with E-state index >= 15 is 0 Å². The Bertz CT molecular complexity index is 968. The molecule has 1 N–H and O–H groups in total. The van der Waals surface area contributed by atoms with Crippen LogP contribution in [-0.4, -0.2) is 28.5 Å². The number of nitrogens with one attached hydrogen (secondary N) is 1. The van der Waals surface area contributed by atoms with E-state index in [0.29, 0.717) is 23.5 Å². The maximum atomic E-state index is 12.9. The number of rotatable bonds is 5. The van der Waals surface area contributed by atoms with E-state index in [2.05, 4.69) is 4.72 Å². The normalized spacial score (nSPS) is 16.3. The second-order valence-electron chi connectivity index (χ2n) is 6.55. The van der Waals surface area contributed by atoms with E-state index in [-0.39, 0.29) is 4.90 Å². The first kappa shape index (κ1) is 19.2. The van der Waals surface area contributed by atoms with Crippen molar-refractivity contribution in [1.82, 2.24) is 4.72 Å². The second kappa shape index (κ2) is 7.60. The number of benzene rings is 2. The van der Waals surface area contributed by atoms with E-state index < -0.39 is 21.8 Å². The van der Waals surface area contributed by atoms with Crippen molar-refractivity contribution in [2.45, 2.75) is 37.0 Å². The highest BCUT2D eigenvalue weighted by Crippen LogP contribution is 2.42. The fourth-order valence-electron chi connectivity index (χ4n) is 3.62. The average molecular weight is 389 g/mol. The van der Waals surface area contributed by atoms with Gasteiger partial charge >= 0.3 is 0 Å². The van der Waals surface area contributed by atoms with Gasteiger partial charge in [-0.05, 0) is 49.4 Å². The quantitative estimate of drug-likeness (QED) is 0.850. The van der Waals surface area contributed by atoms with Crippen molar-refractivity contribution < 1.29 is 22.7 Å². The minimum atomic E-state index is -3.93. The molecule has 2 aromatic carbocycles. The lowest BCUT2D eigenvalue weighted by molar-refractivity contribution is -0.121. The molecule has 0 bridgehead atoms. The summed E-state index contributed by atoms with van der Waals surface area (Å²) in [4.78, 5) is 13.0. The topological polar surface area (TPSA) is 81.7 Å². The van der Waals surface area contributed by atoms with Gasteiger partial charge in [-0.2, -0.15) is 0 Å². The number of sulfonamides is 1. The molecule has 3 rings (SSSR count).